The standard InChI is InChI=1S/C28H23F3N4O7S/c1-3-41-27(39)23-18-14-43-25(22(18)26(38)35(33-23)16-8-10-17(11-9-16)42-28(29,30)31)32-24(37)15-12-21(36)34(13-15)19-6-4-5-7-20(19)40-2/h4-11,14-15H,3,12-13H2,1-2H3,(H,32,37). The molecule has 0 aliphatic carbocycles. The summed E-state index contributed by atoms with van der Waals surface area (Å²) in [5.41, 5.74) is -0.430. The zero-order valence-corrected chi connectivity index (χ0v) is 23.5. The fourth-order valence-corrected chi connectivity index (χ4v) is 5.58. The molecular formula is C28H23F3N4O7S. The zero-order chi connectivity index (χ0) is 30.9. The molecule has 2 aromatic heterocycles. The second kappa shape index (κ2) is 11.8. The van der Waals surface area contributed by atoms with E-state index in [0.29, 0.717) is 11.4 Å². The van der Waals surface area contributed by atoms with Gasteiger partial charge in [-0.2, -0.15) is 9.78 Å². The molecule has 0 radical (unpaired) electrons. The van der Waals surface area contributed by atoms with Crippen LogP contribution >= 0.6 is 11.3 Å². The molecule has 11 nitrogen and oxygen atoms in total. The van der Waals surface area contributed by atoms with Crippen molar-refractivity contribution >= 4 is 50.6 Å². The lowest BCUT2D eigenvalue weighted by Gasteiger charge is -2.19. The van der Waals surface area contributed by atoms with Gasteiger partial charge in [-0.05, 0) is 43.3 Å². The van der Waals surface area contributed by atoms with E-state index in [1.54, 1.807) is 31.2 Å². The zero-order valence-electron chi connectivity index (χ0n) is 22.6. The first-order chi connectivity index (χ1) is 20.5. The predicted molar refractivity (Wildman–Crippen MR) is 150 cm³/mol. The Bertz CT molecular complexity index is 1770. The largest absolute Gasteiger partial charge is 0.573 e. The van der Waals surface area contributed by atoms with E-state index in [1.807, 2.05) is 0 Å². The SMILES string of the molecule is CCOC(=O)c1nn(-c2ccc(OC(F)(F)F)cc2)c(=O)c2c(NC(=O)C3CC(=O)N(c4ccccc4OC)C3)scc12. The third kappa shape index (κ3) is 6.02. The Hall–Kier alpha value is -4.92. The van der Waals surface area contributed by atoms with Gasteiger partial charge in [-0.15, -0.1) is 24.5 Å². The number of thiophene rings is 1. The number of hydrogen-bond acceptors (Lipinski definition) is 9. The number of anilines is 2. The van der Waals surface area contributed by atoms with Gasteiger partial charge < -0.3 is 24.4 Å². The van der Waals surface area contributed by atoms with E-state index < -0.39 is 35.5 Å². The number of carbonyl (C=O) groups is 3. The van der Waals surface area contributed by atoms with Crippen molar-refractivity contribution in [1.82, 2.24) is 9.78 Å². The molecule has 0 spiro atoms. The first kappa shape index (κ1) is 29.6. The topological polar surface area (TPSA) is 129 Å². The number of hydrogen-bond donors (Lipinski definition) is 1. The summed E-state index contributed by atoms with van der Waals surface area (Å²) in [6.45, 7) is 1.66. The number of methoxy groups -OCH3 is 1. The van der Waals surface area contributed by atoms with Crippen molar-refractivity contribution in [1.29, 1.82) is 0 Å². The molecule has 3 heterocycles. The lowest BCUT2D eigenvalue weighted by atomic mass is 10.1. The van der Waals surface area contributed by atoms with E-state index in [2.05, 4.69) is 15.2 Å². The minimum atomic E-state index is -4.91. The van der Waals surface area contributed by atoms with Gasteiger partial charge in [-0.1, -0.05) is 12.1 Å². The van der Waals surface area contributed by atoms with Crippen molar-refractivity contribution in [2.45, 2.75) is 19.7 Å². The Kier molecular flexibility index (Phi) is 8.08. The Morgan fingerprint density at radius 3 is 2.51 bits per heavy atom. The number of halogens is 3. The van der Waals surface area contributed by atoms with Gasteiger partial charge in [-0.3, -0.25) is 14.4 Å². The summed E-state index contributed by atoms with van der Waals surface area (Å²) in [5.74, 6) is -2.46. The summed E-state index contributed by atoms with van der Waals surface area (Å²) in [6.07, 6.45) is -5.00. The molecule has 1 saturated heterocycles. The van der Waals surface area contributed by atoms with Crippen LogP contribution in [0.1, 0.15) is 23.8 Å². The summed E-state index contributed by atoms with van der Waals surface area (Å²) in [7, 11) is 1.47. The van der Waals surface area contributed by atoms with Crippen LogP contribution < -0.4 is 25.2 Å². The molecule has 1 aliphatic heterocycles. The number of carbonyl (C=O) groups excluding carboxylic acids is 3. The molecule has 15 heteroatoms. The second-order valence-electron chi connectivity index (χ2n) is 9.25. The van der Waals surface area contributed by atoms with E-state index in [1.165, 1.54) is 17.4 Å². The Balaban J connectivity index is 1.49. The summed E-state index contributed by atoms with van der Waals surface area (Å²) >= 11 is 0.974. The normalized spacial score (nSPS) is 15.0. The average molecular weight is 617 g/mol. The van der Waals surface area contributed by atoms with Crippen molar-refractivity contribution in [2.24, 2.45) is 5.92 Å². The van der Waals surface area contributed by atoms with E-state index >= 15 is 0 Å². The maximum absolute atomic E-state index is 13.6. The van der Waals surface area contributed by atoms with Crippen LogP contribution in [0.4, 0.5) is 23.9 Å². The van der Waals surface area contributed by atoms with Crippen molar-refractivity contribution < 1.29 is 41.8 Å². The van der Waals surface area contributed by atoms with Gasteiger partial charge in [0, 0.05) is 23.7 Å². The number of esters is 1. The number of amides is 2. The molecule has 1 fully saturated rings. The number of aromatic nitrogens is 2. The van der Waals surface area contributed by atoms with Gasteiger partial charge in [0.25, 0.3) is 5.56 Å². The highest BCUT2D eigenvalue weighted by atomic mass is 32.1. The highest BCUT2D eigenvalue weighted by Crippen LogP contribution is 2.35. The van der Waals surface area contributed by atoms with E-state index in [9.17, 15) is 32.3 Å². The first-order valence-electron chi connectivity index (χ1n) is 12.8. The number of rotatable bonds is 8. The Labute approximate surface area is 245 Å². The van der Waals surface area contributed by atoms with Crippen LogP contribution in [0.25, 0.3) is 16.5 Å². The molecule has 1 unspecified atom stereocenters. The highest BCUT2D eigenvalue weighted by Gasteiger charge is 2.37. The molecule has 4 aromatic rings. The van der Waals surface area contributed by atoms with Crippen LogP contribution in [0.3, 0.4) is 0 Å². The quantitative estimate of drug-likeness (QED) is 0.286. The molecule has 1 aliphatic rings. The molecule has 43 heavy (non-hydrogen) atoms. The van der Waals surface area contributed by atoms with Crippen LogP contribution in [-0.2, 0) is 14.3 Å². The van der Waals surface area contributed by atoms with Crippen LogP contribution in [-0.4, -0.2) is 54.2 Å². The fourth-order valence-electron chi connectivity index (χ4n) is 4.64. The van der Waals surface area contributed by atoms with Crippen LogP contribution in [0.5, 0.6) is 11.5 Å². The first-order valence-corrected chi connectivity index (χ1v) is 13.7. The summed E-state index contributed by atoms with van der Waals surface area (Å²) in [6, 6.07) is 11.2. The van der Waals surface area contributed by atoms with E-state index in [0.717, 1.165) is 40.3 Å². The van der Waals surface area contributed by atoms with Gasteiger partial charge in [0.05, 0.1) is 36.4 Å². The van der Waals surface area contributed by atoms with Crippen LogP contribution in [0.2, 0.25) is 0 Å². The van der Waals surface area contributed by atoms with Crippen molar-refractivity contribution in [3.63, 3.8) is 0 Å². The van der Waals surface area contributed by atoms with E-state index in [4.69, 9.17) is 9.47 Å². The van der Waals surface area contributed by atoms with Gasteiger partial charge in [0.2, 0.25) is 11.8 Å². The molecule has 0 saturated carbocycles. The van der Waals surface area contributed by atoms with Gasteiger partial charge in [0.1, 0.15) is 16.5 Å². The van der Waals surface area contributed by atoms with Gasteiger partial charge >= 0.3 is 12.3 Å². The Morgan fingerprint density at radius 2 is 1.84 bits per heavy atom. The number of alkyl halides is 3. The molecule has 1 atom stereocenters. The monoisotopic (exact) mass is 616 g/mol. The van der Waals surface area contributed by atoms with E-state index in [-0.39, 0.29) is 52.6 Å². The highest BCUT2D eigenvalue weighted by molar-refractivity contribution is 7.16. The number of nitrogens with one attached hydrogen (secondary N) is 1. The third-order valence-corrected chi connectivity index (χ3v) is 7.44. The fraction of sp³-hybridized carbons (Fsp3) is 0.250. The molecule has 2 amide bonds. The molecule has 0 bridgehead atoms. The number of ether oxygens (including phenoxy) is 3. The van der Waals surface area contributed by atoms with Gasteiger partial charge in [-0.25, -0.2) is 4.79 Å². The lowest BCUT2D eigenvalue weighted by Crippen LogP contribution is -2.29. The number of fused-ring (bicyclic) bond motifs is 1. The summed E-state index contributed by atoms with van der Waals surface area (Å²) in [4.78, 5) is 54.0. The van der Waals surface area contributed by atoms with Crippen molar-refractivity contribution in [2.75, 3.05) is 30.5 Å². The van der Waals surface area contributed by atoms with Gasteiger partial charge in [0.15, 0.2) is 5.69 Å². The number of nitrogens with zero attached hydrogens (tertiary/aromatic N) is 3. The van der Waals surface area contributed by atoms with Crippen molar-refractivity contribution in [3.05, 3.63) is 70.0 Å². The van der Waals surface area contributed by atoms with Crippen molar-refractivity contribution in [3.8, 4) is 17.2 Å². The maximum atomic E-state index is 13.6. The Morgan fingerprint density at radius 1 is 1.12 bits per heavy atom. The van der Waals surface area contributed by atoms with Crippen LogP contribution in [0, 0.1) is 5.92 Å². The third-order valence-electron chi connectivity index (χ3n) is 6.54. The molecule has 1 N–H and O–H groups in total. The van der Waals surface area contributed by atoms with Crippen LogP contribution in [0.15, 0.2) is 58.7 Å². The average Bonchev–Trinajstić information content (AvgIpc) is 3.57. The molecule has 5 rings (SSSR count). The molecule has 2 aromatic carbocycles. The molecule has 224 valence electrons. The minimum absolute atomic E-state index is 0.0107. The lowest BCUT2D eigenvalue weighted by molar-refractivity contribution is -0.274. The second-order valence-corrected chi connectivity index (χ2v) is 10.1. The number of para-hydroxylation sites is 2. The predicted octanol–water partition coefficient (Wildman–Crippen LogP) is 4.52. The summed E-state index contributed by atoms with van der Waals surface area (Å²) in [5, 5.41) is 8.48. The summed E-state index contributed by atoms with van der Waals surface area (Å²) < 4.78 is 53.0. The smallest absolute Gasteiger partial charge is 0.495 e. The minimum Gasteiger partial charge on any atom is -0.495 e. The maximum Gasteiger partial charge on any atom is 0.573 e. The number of benzene rings is 2. The molecular weight excluding hydrogens is 593 g/mol.